The van der Waals surface area contributed by atoms with Crippen molar-refractivity contribution < 1.29 is 17.9 Å². The number of imidazole rings is 1. The van der Waals surface area contributed by atoms with Crippen LogP contribution in [0.25, 0.3) is 40.2 Å². The van der Waals surface area contributed by atoms with Gasteiger partial charge in [0, 0.05) is 29.9 Å². The summed E-state index contributed by atoms with van der Waals surface area (Å²) in [6.45, 7) is 3.12. The molecule has 0 fully saturated rings. The third kappa shape index (κ3) is 7.37. The molecule has 0 spiro atoms. The number of hydrogen-bond donors (Lipinski definition) is 2. The van der Waals surface area contributed by atoms with E-state index in [1.807, 2.05) is 66.2 Å². The van der Waals surface area contributed by atoms with Crippen LogP contribution in [0.1, 0.15) is 35.0 Å². The molecule has 1 unspecified atom stereocenters. The fourth-order valence-corrected chi connectivity index (χ4v) is 5.66. The predicted molar refractivity (Wildman–Crippen MR) is 179 cm³/mol. The van der Waals surface area contributed by atoms with Crippen LogP contribution >= 0.6 is 23.2 Å². The first-order valence-electron chi connectivity index (χ1n) is 14.6. The van der Waals surface area contributed by atoms with Gasteiger partial charge in [-0.1, -0.05) is 89.9 Å². The van der Waals surface area contributed by atoms with Gasteiger partial charge in [0.1, 0.15) is 12.1 Å². The average Bonchev–Trinajstić information content (AvgIpc) is 3.68. The molecule has 1 aromatic heterocycles. The molecule has 0 bridgehead atoms. The second kappa shape index (κ2) is 13.6. The molecule has 0 radical (unpaired) electrons. The second-order valence-corrected chi connectivity index (χ2v) is 11.5. The van der Waals surface area contributed by atoms with Gasteiger partial charge in [-0.25, -0.2) is 10.4 Å². The number of nitrogens with zero attached hydrogens (tertiary/aromatic N) is 2. The van der Waals surface area contributed by atoms with Gasteiger partial charge >= 0.3 is 6.18 Å². The number of ether oxygens (including phenoxy) is 1. The van der Waals surface area contributed by atoms with Gasteiger partial charge in [-0.15, -0.1) is 0 Å². The second-order valence-electron chi connectivity index (χ2n) is 10.7. The predicted octanol–water partition coefficient (Wildman–Crippen LogP) is 9.57. The monoisotopic (exact) mass is 660 g/mol. The van der Waals surface area contributed by atoms with E-state index in [0.717, 1.165) is 40.1 Å². The van der Waals surface area contributed by atoms with Gasteiger partial charge in [-0.3, -0.25) is 0 Å². The first-order valence-corrected chi connectivity index (χ1v) is 15.3. The Morgan fingerprint density at radius 3 is 2.37 bits per heavy atom. The van der Waals surface area contributed by atoms with Crippen molar-refractivity contribution in [2.24, 2.45) is 0 Å². The number of aromatic nitrogens is 2. The summed E-state index contributed by atoms with van der Waals surface area (Å²) in [4.78, 5) is 4.89. The molecular formula is C36H29Cl2F3N4O. The molecule has 5 nitrogen and oxygen atoms in total. The number of benzene rings is 4. The number of hydrogen-bond acceptors (Lipinski definition) is 4. The van der Waals surface area contributed by atoms with Crippen LogP contribution in [0.4, 0.5) is 13.2 Å². The SMILES string of the molecule is CCOC1C=C(c2ccc(Cn3cc(-c4ccc(Cl)cc4Cl)nc3/C=C/c3ccc(-c4cccc(C(F)(F)F)c4)cc3)cc2)NN1. The number of nitrogens with one attached hydrogen (secondary N) is 2. The zero-order valence-corrected chi connectivity index (χ0v) is 26.2. The Kier molecular flexibility index (Phi) is 9.33. The third-order valence-corrected chi connectivity index (χ3v) is 8.05. The highest BCUT2D eigenvalue weighted by Gasteiger charge is 2.30. The van der Waals surface area contributed by atoms with Gasteiger partial charge in [0.25, 0.3) is 0 Å². The van der Waals surface area contributed by atoms with Crippen molar-refractivity contribution >= 4 is 41.1 Å². The highest BCUT2D eigenvalue weighted by atomic mass is 35.5. The van der Waals surface area contributed by atoms with E-state index in [2.05, 4.69) is 35.1 Å². The number of alkyl halides is 3. The minimum Gasteiger partial charge on any atom is -0.358 e. The highest BCUT2D eigenvalue weighted by molar-refractivity contribution is 6.36. The van der Waals surface area contributed by atoms with E-state index in [-0.39, 0.29) is 6.23 Å². The molecule has 1 atom stereocenters. The molecule has 1 aliphatic heterocycles. The Labute approximate surface area is 274 Å². The van der Waals surface area contributed by atoms with Crippen LogP contribution in [0, 0.1) is 0 Å². The maximum absolute atomic E-state index is 13.2. The molecule has 6 rings (SSSR count). The first-order chi connectivity index (χ1) is 22.2. The summed E-state index contributed by atoms with van der Waals surface area (Å²) in [6, 6.07) is 26.2. The molecule has 2 N–H and O–H groups in total. The lowest BCUT2D eigenvalue weighted by molar-refractivity contribution is -0.137. The van der Waals surface area contributed by atoms with Gasteiger partial charge in [0.15, 0.2) is 0 Å². The number of hydrazine groups is 1. The van der Waals surface area contributed by atoms with Crippen molar-refractivity contribution in [1.29, 1.82) is 0 Å². The fourth-order valence-electron chi connectivity index (χ4n) is 5.16. The minimum absolute atomic E-state index is 0.171. The summed E-state index contributed by atoms with van der Waals surface area (Å²) in [7, 11) is 0. The van der Waals surface area contributed by atoms with Gasteiger partial charge in [-0.05, 0) is 77.2 Å². The highest BCUT2D eigenvalue weighted by Crippen LogP contribution is 2.33. The van der Waals surface area contributed by atoms with Crippen LogP contribution < -0.4 is 10.9 Å². The maximum atomic E-state index is 13.2. The Balaban J connectivity index is 1.26. The first kappa shape index (κ1) is 31.6. The van der Waals surface area contributed by atoms with E-state index in [1.165, 1.54) is 6.07 Å². The van der Waals surface area contributed by atoms with E-state index in [4.69, 9.17) is 32.9 Å². The van der Waals surface area contributed by atoms with Crippen molar-refractivity contribution in [3.05, 3.63) is 141 Å². The van der Waals surface area contributed by atoms with Gasteiger partial charge in [-0.2, -0.15) is 13.2 Å². The summed E-state index contributed by atoms with van der Waals surface area (Å²) >= 11 is 12.7. The maximum Gasteiger partial charge on any atom is 0.416 e. The van der Waals surface area contributed by atoms with Gasteiger partial charge in [0.05, 0.1) is 22.0 Å². The summed E-state index contributed by atoms with van der Waals surface area (Å²) in [5, 5.41) is 1.04. The lowest BCUT2D eigenvalue weighted by Crippen LogP contribution is -2.33. The van der Waals surface area contributed by atoms with Gasteiger partial charge < -0.3 is 14.7 Å². The summed E-state index contributed by atoms with van der Waals surface area (Å²) in [5.41, 5.74) is 12.2. The molecule has 0 saturated heterocycles. The quantitative estimate of drug-likeness (QED) is 0.165. The van der Waals surface area contributed by atoms with Crippen LogP contribution in [0.3, 0.4) is 0 Å². The molecule has 0 amide bonds. The Hall–Kier alpha value is -4.34. The molecule has 234 valence electrons. The number of halogens is 5. The fraction of sp³-hybridized carbons (Fsp3) is 0.139. The zero-order chi connectivity index (χ0) is 32.3. The van der Waals surface area contributed by atoms with Crippen LogP contribution in [-0.2, 0) is 17.5 Å². The lowest BCUT2D eigenvalue weighted by Gasteiger charge is -2.09. The van der Waals surface area contributed by atoms with Crippen LogP contribution in [0.2, 0.25) is 10.0 Å². The largest absolute Gasteiger partial charge is 0.416 e. The molecule has 2 heterocycles. The third-order valence-electron chi connectivity index (χ3n) is 7.50. The van der Waals surface area contributed by atoms with Gasteiger partial charge in [0.2, 0.25) is 0 Å². The van der Waals surface area contributed by atoms with E-state index >= 15 is 0 Å². The van der Waals surface area contributed by atoms with Crippen molar-refractivity contribution in [2.45, 2.75) is 25.9 Å². The standard InChI is InChI=1S/C36H29Cl2F3N4O/c1-2-46-35-20-32(43-44-35)26-13-8-24(9-14-26)21-45-22-33(30-16-15-29(37)19-31(30)38)42-34(45)17-10-23-6-11-25(12-7-23)27-4-3-5-28(18-27)36(39,40)41/h3-20,22,35,43-44H,2,21H2,1H3/b17-10+. The molecule has 5 aromatic rings. The average molecular weight is 662 g/mol. The smallest absolute Gasteiger partial charge is 0.358 e. The van der Waals surface area contributed by atoms with Crippen LogP contribution in [0.15, 0.2) is 103 Å². The van der Waals surface area contributed by atoms with E-state index in [1.54, 1.807) is 18.2 Å². The Morgan fingerprint density at radius 1 is 0.891 bits per heavy atom. The van der Waals surface area contributed by atoms with Crippen molar-refractivity contribution in [3.63, 3.8) is 0 Å². The molecule has 4 aromatic carbocycles. The lowest BCUT2D eigenvalue weighted by atomic mass is 10.0. The zero-order valence-electron chi connectivity index (χ0n) is 24.7. The van der Waals surface area contributed by atoms with E-state index in [0.29, 0.717) is 45.8 Å². The summed E-state index contributed by atoms with van der Waals surface area (Å²) < 4.78 is 47.3. The van der Waals surface area contributed by atoms with E-state index < -0.39 is 11.7 Å². The summed E-state index contributed by atoms with van der Waals surface area (Å²) in [5.74, 6) is 0.705. The molecule has 0 saturated carbocycles. The van der Waals surface area contributed by atoms with Crippen molar-refractivity contribution in [2.75, 3.05) is 6.61 Å². The molecule has 10 heteroatoms. The van der Waals surface area contributed by atoms with Crippen LogP contribution in [0.5, 0.6) is 0 Å². The molecule has 1 aliphatic rings. The van der Waals surface area contributed by atoms with Crippen molar-refractivity contribution in [1.82, 2.24) is 20.4 Å². The van der Waals surface area contributed by atoms with Crippen LogP contribution in [-0.4, -0.2) is 22.4 Å². The Morgan fingerprint density at radius 2 is 1.65 bits per heavy atom. The van der Waals surface area contributed by atoms with E-state index in [9.17, 15) is 13.2 Å². The van der Waals surface area contributed by atoms with Crippen molar-refractivity contribution in [3.8, 4) is 22.4 Å². The Bertz CT molecular complexity index is 1900. The normalized spacial score (nSPS) is 14.9. The molecular weight excluding hydrogens is 632 g/mol. The summed E-state index contributed by atoms with van der Waals surface area (Å²) in [6.07, 6.45) is 3.23. The topological polar surface area (TPSA) is 51.1 Å². The molecule has 46 heavy (non-hydrogen) atoms. The minimum atomic E-state index is -4.40. The number of rotatable bonds is 9. The molecule has 0 aliphatic carbocycles.